The van der Waals surface area contributed by atoms with E-state index in [0.29, 0.717) is 29.4 Å². The lowest BCUT2D eigenvalue weighted by molar-refractivity contribution is 0.181. The van der Waals surface area contributed by atoms with E-state index in [1.54, 1.807) is 7.11 Å². The molecular weight excluding hydrogens is 362 g/mol. The van der Waals surface area contributed by atoms with Crippen molar-refractivity contribution in [3.8, 4) is 11.1 Å². The van der Waals surface area contributed by atoms with Crippen LogP contribution in [0.4, 0.5) is 0 Å². The molecule has 0 atom stereocenters. The molecule has 4 rings (SSSR count). The molecule has 0 aliphatic rings. The van der Waals surface area contributed by atoms with Gasteiger partial charge in [0.2, 0.25) is 0 Å². The number of rotatable bonds is 5. The first-order valence-corrected chi connectivity index (χ1v) is 8.96. The monoisotopic (exact) mass is 379 g/mol. The molecule has 5 nitrogen and oxygen atoms in total. The van der Waals surface area contributed by atoms with E-state index in [4.69, 9.17) is 16.3 Å². The fraction of sp³-hybridized carbons (Fsp3) is 0.143. The van der Waals surface area contributed by atoms with Gasteiger partial charge in [-0.1, -0.05) is 54.1 Å². The summed E-state index contributed by atoms with van der Waals surface area (Å²) >= 11 is 6.06. The van der Waals surface area contributed by atoms with Gasteiger partial charge in [-0.2, -0.15) is 9.61 Å². The highest BCUT2D eigenvalue weighted by molar-refractivity contribution is 6.30. The first-order valence-electron chi connectivity index (χ1n) is 8.58. The maximum Gasteiger partial charge on any atom is 0.274 e. The molecule has 0 bridgehead atoms. The Morgan fingerprint density at radius 1 is 1.11 bits per heavy atom. The summed E-state index contributed by atoms with van der Waals surface area (Å²) in [6.45, 7) is 0.324. The van der Waals surface area contributed by atoms with Gasteiger partial charge in [0.1, 0.15) is 5.65 Å². The van der Waals surface area contributed by atoms with Crippen LogP contribution in [0, 0.1) is 0 Å². The van der Waals surface area contributed by atoms with Crippen LogP contribution in [0.15, 0.2) is 65.5 Å². The number of halogens is 1. The maximum absolute atomic E-state index is 12.6. The third-order valence-corrected chi connectivity index (χ3v) is 4.64. The number of aromatic amines is 1. The van der Waals surface area contributed by atoms with Gasteiger partial charge < -0.3 is 9.72 Å². The lowest BCUT2D eigenvalue weighted by atomic mass is 10.0. The second-order valence-corrected chi connectivity index (χ2v) is 6.75. The summed E-state index contributed by atoms with van der Waals surface area (Å²) in [6.07, 6.45) is 0.618. The van der Waals surface area contributed by atoms with Crippen molar-refractivity contribution in [3.63, 3.8) is 0 Å². The van der Waals surface area contributed by atoms with E-state index in [1.165, 1.54) is 10.6 Å². The van der Waals surface area contributed by atoms with Crippen LogP contribution in [-0.4, -0.2) is 21.7 Å². The quantitative estimate of drug-likeness (QED) is 0.568. The van der Waals surface area contributed by atoms with Gasteiger partial charge in [0, 0.05) is 35.9 Å². The number of nitrogens with zero attached hydrogens (tertiary/aromatic N) is 2. The second kappa shape index (κ2) is 7.39. The molecular formula is C21H18ClN3O2. The summed E-state index contributed by atoms with van der Waals surface area (Å²) in [5, 5.41) is 5.27. The summed E-state index contributed by atoms with van der Waals surface area (Å²) in [5.74, 6) is 0. The largest absolute Gasteiger partial charge is 0.378 e. The summed E-state index contributed by atoms with van der Waals surface area (Å²) in [5.41, 5.74) is 4.97. The Bertz CT molecular complexity index is 1130. The summed E-state index contributed by atoms with van der Waals surface area (Å²) in [6, 6.07) is 19.1. The van der Waals surface area contributed by atoms with Gasteiger partial charge in [-0.25, -0.2) is 0 Å². The van der Waals surface area contributed by atoms with Crippen LogP contribution in [0.1, 0.15) is 17.0 Å². The van der Waals surface area contributed by atoms with Crippen LogP contribution in [0.5, 0.6) is 0 Å². The van der Waals surface area contributed by atoms with Crippen molar-refractivity contribution >= 4 is 17.2 Å². The number of methoxy groups -OCH3 is 1. The molecule has 4 aromatic rings. The number of nitrogens with one attached hydrogen (secondary N) is 1. The fourth-order valence-electron chi connectivity index (χ4n) is 3.20. The van der Waals surface area contributed by atoms with Gasteiger partial charge in [-0.3, -0.25) is 4.79 Å². The van der Waals surface area contributed by atoms with E-state index >= 15 is 0 Å². The van der Waals surface area contributed by atoms with E-state index in [2.05, 4.69) is 10.1 Å². The predicted molar refractivity (Wildman–Crippen MR) is 106 cm³/mol. The van der Waals surface area contributed by atoms with Gasteiger partial charge >= 0.3 is 0 Å². The summed E-state index contributed by atoms with van der Waals surface area (Å²) < 4.78 is 6.60. The average Bonchev–Trinajstić information content (AvgIpc) is 3.02. The molecule has 2 aromatic heterocycles. The molecule has 0 unspecified atom stereocenters. The Balaban J connectivity index is 1.95. The average molecular weight is 380 g/mol. The minimum atomic E-state index is -0.190. The van der Waals surface area contributed by atoms with E-state index in [9.17, 15) is 4.79 Å². The molecule has 27 heavy (non-hydrogen) atoms. The Morgan fingerprint density at radius 2 is 1.85 bits per heavy atom. The van der Waals surface area contributed by atoms with Crippen molar-refractivity contribution in [2.24, 2.45) is 0 Å². The standard InChI is InChI=1S/C21H18ClN3O2/c1-27-13-17-12-19(26)25-21(23-17)20(15-7-9-16(22)10-8-15)18(24-25)11-14-5-3-2-4-6-14/h2-10,12,23H,11,13H2,1H3. The van der Waals surface area contributed by atoms with Crippen LogP contribution >= 0.6 is 11.6 Å². The molecule has 0 aliphatic heterocycles. The number of hydrogen-bond donors (Lipinski definition) is 1. The van der Waals surface area contributed by atoms with Crippen molar-refractivity contribution in [1.82, 2.24) is 14.6 Å². The number of ether oxygens (including phenoxy) is 1. The summed E-state index contributed by atoms with van der Waals surface area (Å²) in [7, 11) is 1.60. The molecule has 0 saturated carbocycles. The molecule has 0 fully saturated rings. The third kappa shape index (κ3) is 3.52. The Hall–Kier alpha value is -2.89. The lowest BCUT2D eigenvalue weighted by Gasteiger charge is -2.06. The zero-order chi connectivity index (χ0) is 18.8. The van der Waals surface area contributed by atoms with Gasteiger partial charge in [0.15, 0.2) is 0 Å². The van der Waals surface area contributed by atoms with Crippen molar-refractivity contribution < 1.29 is 4.74 Å². The Labute approximate surface area is 161 Å². The van der Waals surface area contributed by atoms with Crippen molar-refractivity contribution in [2.75, 3.05) is 7.11 Å². The molecule has 0 radical (unpaired) electrons. The van der Waals surface area contributed by atoms with Gasteiger partial charge in [0.25, 0.3) is 5.56 Å². The Kier molecular flexibility index (Phi) is 4.79. The normalized spacial score (nSPS) is 11.2. The zero-order valence-corrected chi connectivity index (χ0v) is 15.5. The van der Waals surface area contributed by atoms with Gasteiger partial charge in [-0.15, -0.1) is 0 Å². The maximum atomic E-state index is 12.6. The number of H-pyrrole nitrogens is 1. The first-order chi connectivity index (χ1) is 13.2. The zero-order valence-electron chi connectivity index (χ0n) is 14.8. The molecule has 136 valence electrons. The molecule has 0 aliphatic carbocycles. The van der Waals surface area contributed by atoms with Crippen molar-refractivity contribution in [1.29, 1.82) is 0 Å². The van der Waals surface area contributed by atoms with E-state index < -0.39 is 0 Å². The van der Waals surface area contributed by atoms with Gasteiger partial charge in [-0.05, 0) is 23.3 Å². The van der Waals surface area contributed by atoms with Crippen LogP contribution in [0.2, 0.25) is 5.02 Å². The molecule has 0 saturated heterocycles. The van der Waals surface area contributed by atoms with Crippen LogP contribution < -0.4 is 5.56 Å². The number of aromatic nitrogens is 3. The smallest absolute Gasteiger partial charge is 0.274 e. The van der Waals surface area contributed by atoms with E-state index in [0.717, 1.165) is 22.4 Å². The highest BCUT2D eigenvalue weighted by atomic mass is 35.5. The topological polar surface area (TPSA) is 59.4 Å². The van der Waals surface area contributed by atoms with Crippen molar-refractivity contribution in [3.05, 3.63) is 93.0 Å². The van der Waals surface area contributed by atoms with Gasteiger partial charge in [0.05, 0.1) is 12.3 Å². The van der Waals surface area contributed by atoms with Crippen LogP contribution in [-0.2, 0) is 17.8 Å². The molecule has 0 amide bonds. The first kappa shape index (κ1) is 17.5. The van der Waals surface area contributed by atoms with E-state index in [-0.39, 0.29) is 5.56 Å². The molecule has 2 aromatic carbocycles. The fourth-order valence-corrected chi connectivity index (χ4v) is 3.33. The lowest BCUT2D eigenvalue weighted by Crippen LogP contribution is -2.16. The van der Waals surface area contributed by atoms with E-state index in [1.807, 2.05) is 54.6 Å². The number of fused-ring (bicyclic) bond motifs is 1. The second-order valence-electron chi connectivity index (χ2n) is 6.32. The SMILES string of the molecule is COCc1cc(=O)n2nc(Cc3ccccc3)c(-c3ccc(Cl)cc3)c2[nH]1. The Morgan fingerprint density at radius 3 is 2.56 bits per heavy atom. The molecule has 2 heterocycles. The van der Waals surface area contributed by atoms with Crippen LogP contribution in [0.3, 0.4) is 0 Å². The highest BCUT2D eigenvalue weighted by Crippen LogP contribution is 2.29. The van der Waals surface area contributed by atoms with Crippen LogP contribution in [0.25, 0.3) is 16.8 Å². The minimum absolute atomic E-state index is 0.190. The summed E-state index contributed by atoms with van der Waals surface area (Å²) in [4.78, 5) is 15.9. The molecule has 6 heteroatoms. The predicted octanol–water partition coefficient (Wildman–Crippen LogP) is 4.08. The minimum Gasteiger partial charge on any atom is -0.378 e. The third-order valence-electron chi connectivity index (χ3n) is 4.39. The molecule has 0 spiro atoms. The number of hydrogen-bond acceptors (Lipinski definition) is 3. The number of benzene rings is 2. The van der Waals surface area contributed by atoms with Crippen molar-refractivity contribution in [2.45, 2.75) is 13.0 Å². The molecule has 1 N–H and O–H groups in total. The highest BCUT2D eigenvalue weighted by Gasteiger charge is 2.18.